The maximum Gasteiger partial charge on any atom is 0.472 e. The first kappa shape index (κ1) is 125. The number of carbonyl (C=O) groups excluding carboxylic acids is 3. The predicted molar refractivity (Wildman–Crippen MR) is 555 cm³/mol. The predicted octanol–water partition coefficient (Wildman–Crippen LogP) is 33.7. The number of unbranched alkanes of at least 4 members (excludes halogenated alkanes) is 44. The zero-order valence-corrected chi connectivity index (χ0v) is 85.0. The van der Waals surface area contributed by atoms with E-state index in [2.05, 4.69) is 215 Å². The Morgan fingerprint density at radius 2 is 0.382 bits per heavy atom. The average molecular weight is 1870 g/mol. The fraction of sp³-hybridized carbons (Fsp3) is 0.690. The third-order valence-corrected chi connectivity index (χ3v) is 24.2. The molecule has 0 fully saturated rings. The van der Waals surface area contributed by atoms with Crippen LogP contribution >= 0.6 is 15.6 Å². The minimum absolute atomic E-state index is 0.0905. The molecule has 5 atom stereocenters. The lowest BCUT2D eigenvalue weighted by Gasteiger charge is -2.21. The molecule has 0 spiro atoms. The largest absolute Gasteiger partial charge is 0.472 e. The molecular formula is C113H192O16P2. The van der Waals surface area contributed by atoms with E-state index < -0.39 is 91.5 Å². The number of carbonyl (C=O) groups is 3. The first-order valence-electron chi connectivity index (χ1n) is 52.7. The van der Waals surface area contributed by atoms with Gasteiger partial charge in [0.2, 0.25) is 0 Å². The van der Waals surface area contributed by atoms with Gasteiger partial charge in [-0.2, -0.15) is 0 Å². The highest BCUT2D eigenvalue weighted by molar-refractivity contribution is 7.47. The fourth-order valence-corrected chi connectivity index (χ4v) is 16.0. The molecule has 0 aromatic heterocycles. The zero-order valence-electron chi connectivity index (χ0n) is 83.2. The van der Waals surface area contributed by atoms with Crippen LogP contribution in [-0.2, 0) is 55.8 Å². The van der Waals surface area contributed by atoms with Crippen LogP contribution in [0.5, 0.6) is 0 Å². The third-order valence-electron chi connectivity index (χ3n) is 22.3. The van der Waals surface area contributed by atoms with E-state index in [0.29, 0.717) is 19.3 Å². The van der Waals surface area contributed by atoms with Crippen molar-refractivity contribution in [1.82, 2.24) is 0 Å². The van der Waals surface area contributed by atoms with Crippen LogP contribution in [0, 0.1) is 0 Å². The van der Waals surface area contributed by atoms with Crippen LogP contribution in [-0.4, -0.2) is 95.9 Å². The molecule has 0 aromatic rings. The number of ether oxygens (including phenoxy) is 3. The van der Waals surface area contributed by atoms with Gasteiger partial charge in [0.05, 0.1) is 26.4 Å². The van der Waals surface area contributed by atoms with E-state index in [1.165, 1.54) is 199 Å². The molecule has 131 heavy (non-hydrogen) atoms. The summed E-state index contributed by atoms with van der Waals surface area (Å²) in [5.41, 5.74) is 0. The number of hydrogen-bond acceptors (Lipinski definition) is 14. The molecule has 0 rings (SSSR count). The monoisotopic (exact) mass is 1870 g/mol. The highest BCUT2D eigenvalue weighted by Gasteiger charge is 2.30. The van der Waals surface area contributed by atoms with Gasteiger partial charge in [-0.3, -0.25) is 32.5 Å². The molecule has 4 N–H and O–H groups in total. The van der Waals surface area contributed by atoms with Crippen LogP contribution in [0.4, 0.5) is 0 Å². The van der Waals surface area contributed by atoms with E-state index in [1.54, 1.807) is 0 Å². The van der Waals surface area contributed by atoms with Crippen LogP contribution in [0.25, 0.3) is 0 Å². The van der Waals surface area contributed by atoms with Crippen molar-refractivity contribution in [3.63, 3.8) is 0 Å². The molecule has 0 saturated heterocycles. The quantitative estimate of drug-likeness (QED) is 0.0146. The van der Waals surface area contributed by atoms with Gasteiger partial charge in [-0.1, -0.05) is 459 Å². The molecule has 0 aromatic carbocycles. The van der Waals surface area contributed by atoms with E-state index in [-0.39, 0.29) is 19.3 Å². The Morgan fingerprint density at radius 3 is 0.603 bits per heavy atom. The first-order chi connectivity index (χ1) is 64.2. The van der Waals surface area contributed by atoms with Gasteiger partial charge in [0, 0.05) is 19.3 Å². The Hall–Kier alpha value is -5.61. The Bertz CT molecular complexity index is 3160. The van der Waals surface area contributed by atoms with Crippen LogP contribution < -0.4 is 0 Å². The van der Waals surface area contributed by atoms with E-state index in [4.69, 9.17) is 32.3 Å². The van der Waals surface area contributed by atoms with Crippen molar-refractivity contribution < 1.29 is 75.8 Å². The maximum atomic E-state index is 13.1. The zero-order chi connectivity index (χ0) is 95.0. The van der Waals surface area contributed by atoms with Gasteiger partial charge in [-0.25, -0.2) is 9.13 Å². The number of rotatable bonds is 99. The molecule has 750 valence electrons. The van der Waals surface area contributed by atoms with Gasteiger partial charge < -0.3 is 34.2 Å². The number of phosphoric acid groups is 2. The Morgan fingerprint density at radius 1 is 0.214 bits per heavy atom. The normalized spacial score (nSPS) is 14.4. The van der Waals surface area contributed by atoms with Crippen molar-refractivity contribution >= 4 is 33.6 Å². The van der Waals surface area contributed by atoms with Gasteiger partial charge in [0.15, 0.2) is 6.10 Å². The van der Waals surface area contributed by atoms with Crippen LogP contribution in [0.15, 0.2) is 194 Å². The average Bonchev–Trinajstić information content (AvgIpc) is 0.897. The summed E-state index contributed by atoms with van der Waals surface area (Å²) in [6, 6.07) is 0. The molecule has 0 heterocycles. The van der Waals surface area contributed by atoms with Gasteiger partial charge >= 0.3 is 33.6 Å². The molecular weight excluding hydrogens is 1680 g/mol. The van der Waals surface area contributed by atoms with Gasteiger partial charge in [0.1, 0.15) is 25.4 Å². The first-order valence-corrected chi connectivity index (χ1v) is 55.7. The number of phosphoric ester groups is 2. The van der Waals surface area contributed by atoms with Crippen molar-refractivity contribution in [3.8, 4) is 0 Å². The molecule has 0 aliphatic rings. The number of allylic oxidation sites excluding steroid dienone is 32. The fourth-order valence-electron chi connectivity index (χ4n) is 14.5. The minimum atomic E-state index is -4.95. The highest BCUT2D eigenvalue weighted by atomic mass is 31.2. The summed E-state index contributed by atoms with van der Waals surface area (Å²) < 4.78 is 61.7. The number of hydrogen-bond donors (Lipinski definition) is 4. The van der Waals surface area contributed by atoms with Gasteiger partial charge in [-0.15, -0.1) is 0 Å². The van der Waals surface area contributed by atoms with Crippen molar-refractivity contribution in [2.45, 2.75) is 463 Å². The number of aliphatic hydroxyl groups excluding tert-OH is 2. The smallest absolute Gasteiger partial charge is 0.463 e. The molecule has 0 radical (unpaired) electrons. The number of esters is 3. The van der Waals surface area contributed by atoms with Gasteiger partial charge in [-0.05, 0) is 161 Å². The molecule has 0 aliphatic carbocycles. The number of aliphatic hydroxyl groups is 2. The lowest BCUT2D eigenvalue weighted by molar-refractivity contribution is -0.161. The third kappa shape index (κ3) is 105. The molecule has 0 amide bonds. The van der Waals surface area contributed by atoms with Crippen molar-refractivity contribution in [1.29, 1.82) is 0 Å². The molecule has 16 nitrogen and oxygen atoms in total. The second-order valence-electron chi connectivity index (χ2n) is 34.9. The summed E-state index contributed by atoms with van der Waals surface area (Å²) in [6.07, 6.45) is 139. The maximum absolute atomic E-state index is 13.1. The van der Waals surface area contributed by atoms with E-state index >= 15 is 0 Å². The second-order valence-corrected chi connectivity index (χ2v) is 37.8. The lowest BCUT2D eigenvalue weighted by Crippen LogP contribution is -2.30. The summed E-state index contributed by atoms with van der Waals surface area (Å²) in [5.74, 6) is -1.57. The summed E-state index contributed by atoms with van der Waals surface area (Å²) >= 11 is 0. The standard InChI is InChI=1S/C113H192O16P2/c1-4-7-10-13-16-19-22-25-28-31-34-37-40-43-46-48-50-52-53-55-57-58-61-63-66-69-72-75-78-81-84-87-90-93-96-99-111(116)123-102-108(114)103-125-130(119,120)126-104-109(115)105-127-131(121,122)128-107-110(129-113(118)101-98-95-92-89-86-83-80-77-74-71-68-65-60-45-42-39-36-33-30-27-24-21-18-15-12-9-6-3)106-124-112(117)100-97-94-91-88-85-82-79-76-73-70-67-64-62-59-56-54-51-49-47-44-41-38-35-32-29-26-23-20-17-14-11-8-5-2/h7-12,16-21,25-30,34-39,43-47,60,68,71,108-110,114-115H,4-6,13-15,22-24,31-33,40-42,48-59,61-67,69-70,72-107H2,1-3H3,(H,119,120)(H,121,122)/b10-7-,11-8-,12-9-,19-16-,20-17-,21-18-,28-25-,29-26-,30-27-,37-34-,38-35-,39-36-,46-43-,47-44-,60-45-,71-68-. The Kier molecular flexibility index (Phi) is 98.9. The van der Waals surface area contributed by atoms with Crippen molar-refractivity contribution in [2.75, 3.05) is 39.6 Å². The molecule has 5 unspecified atom stereocenters. The van der Waals surface area contributed by atoms with E-state index in [0.717, 1.165) is 186 Å². The topological polar surface area (TPSA) is 231 Å². The van der Waals surface area contributed by atoms with Gasteiger partial charge in [0.25, 0.3) is 0 Å². The lowest BCUT2D eigenvalue weighted by atomic mass is 10.0. The summed E-state index contributed by atoms with van der Waals surface area (Å²) in [5, 5.41) is 20.8. The minimum Gasteiger partial charge on any atom is -0.463 e. The second kappa shape index (κ2) is 103. The SMILES string of the molecule is CC/C=C\C/C=C\C/C=C\C/C=C\C/C=C\C/C=C\CCCCCCCCCCC(=O)OC(COC(=O)CCCCCCCCCCCCCCCCCCC/C=C\C/C=C\C/C=C\C/C=C\C/C=C\CC)COP(=O)(O)OCC(O)COP(=O)(O)OCC(O)COC(=O)CCCCCCCCCCCCCCCCCCCCC/C=C\C/C=C\C/C=C\C/C=C\C/C=C\CC. The van der Waals surface area contributed by atoms with E-state index in [9.17, 15) is 43.5 Å². The Balaban J connectivity index is 4.59. The molecule has 18 heteroatoms. The summed E-state index contributed by atoms with van der Waals surface area (Å²) in [7, 11) is -9.83. The summed E-state index contributed by atoms with van der Waals surface area (Å²) in [4.78, 5) is 59.3. The highest BCUT2D eigenvalue weighted by Crippen LogP contribution is 2.45. The molecule has 0 bridgehead atoms. The molecule has 0 saturated carbocycles. The van der Waals surface area contributed by atoms with Crippen LogP contribution in [0.3, 0.4) is 0 Å². The van der Waals surface area contributed by atoms with Crippen LogP contribution in [0.1, 0.15) is 445 Å². The Labute approximate surface area is 801 Å². The van der Waals surface area contributed by atoms with Crippen molar-refractivity contribution in [2.24, 2.45) is 0 Å². The molecule has 0 aliphatic heterocycles. The van der Waals surface area contributed by atoms with Crippen molar-refractivity contribution in [3.05, 3.63) is 194 Å². The van der Waals surface area contributed by atoms with E-state index in [1.807, 2.05) is 0 Å². The van der Waals surface area contributed by atoms with Crippen LogP contribution in [0.2, 0.25) is 0 Å². The summed E-state index contributed by atoms with van der Waals surface area (Å²) in [6.45, 7) is 2.41.